The van der Waals surface area contributed by atoms with Gasteiger partial charge in [0.2, 0.25) is 0 Å². The summed E-state index contributed by atoms with van der Waals surface area (Å²) in [6.07, 6.45) is 3.45. The summed E-state index contributed by atoms with van der Waals surface area (Å²) in [4.78, 5) is 16.5. The normalized spacial score (nSPS) is 10.5. The Kier molecular flexibility index (Phi) is 3.65. The van der Waals surface area contributed by atoms with Crippen molar-refractivity contribution in [3.05, 3.63) is 66.5 Å². The Morgan fingerprint density at radius 1 is 1.10 bits per heavy atom. The molecule has 0 unspecified atom stereocenters. The van der Waals surface area contributed by atoms with E-state index in [0.29, 0.717) is 12.2 Å². The van der Waals surface area contributed by atoms with Crippen LogP contribution in [0.15, 0.2) is 60.9 Å². The highest BCUT2D eigenvalue weighted by molar-refractivity contribution is 6.10. The number of rotatable bonds is 3. The number of nitrogens with zero attached hydrogens (tertiary/aromatic N) is 1. The summed E-state index contributed by atoms with van der Waals surface area (Å²) in [5, 5.41) is 1.80. The molecule has 21 heavy (non-hydrogen) atoms. The van der Waals surface area contributed by atoms with E-state index < -0.39 is 0 Å². The number of ether oxygens (including phenoxy) is 1. The van der Waals surface area contributed by atoms with Crippen molar-refractivity contribution in [1.82, 2.24) is 4.98 Å². The lowest BCUT2D eigenvalue weighted by Crippen LogP contribution is -2.07. The van der Waals surface area contributed by atoms with Crippen LogP contribution in [-0.2, 0) is 4.74 Å². The molecule has 0 spiro atoms. The lowest BCUT2D eigenvalue weighted by atomic mass is 9.95. The first-order chi connectivity index (χ1) is 10.3. The van der Waals surface area contributed by atoms with Crippen LogP contribution >= 0.6 is 0 Å². The lowest BCUT2D eigenvalue weighted by Gasteiger charge is -2.12. The molecule has 104 valence electrons. The molecule has 0 aliphatic heterocycles. The zero-order valence-electron chi connectivity index (χ0n) is 11.7. The van der Waals surface area contributed by atoms with Gasteiger partial charge in [-0.25, -0.2) is 4.79 Å². The topological polar surface area (TPSA) is 39.2 Å². The number of hydrogen-bond donors (Lipinski definition) is 0. The second-order valence-electron chi connectivity index (χ2n) is 4.67. The molecule has 0 amide bonds. The van der Waals surface area contributed by atoms with E-state index >= 15 is 0 Å². The molecule has 3 nitrogen and oxygen atoms in total. The Bertz CT molecular complexity index is 782. The quantitative estimate of drug-likeness (QED) is 0.677. The number of esters is 1. The SMILES string of the molecule is CCOC(=O)c1c(-c2ccccc2)ccc2cnccc12. The maximum Gasteiger partial charge on any atom is 0.339 e. The Labute approximate surface area is 123 Å². The maximum atomic E-state index is 12.4. The predicted octanol–water partition coefficient (Wildman–Crippen LogP) is 4.08. The van der Waals surface area contributed by atoms with Crippen molar-refractivity contribution in [2.45, 2.75) is 6.92 Å². The average Bonchev–Trinajstić information content (AvgIpc) is 2.54. The van der Waals surface area contributed by atoms with E-state index in [1.807, 2.05) is 55.5 Å². The van der Waals surface area contributed by atoms with Crippen molar-refractivity contribution in [1.29, 1.82) is 0 Å². The summed E-state index contributed by atoms with van der Waals surface area (Å²) in [5.41, 5.74) is 2.48. The summed E-state index contributed by atoms with van der Waals surface area (Å²) < 4.78 is 5.24. The molecule has 3 aromatic rings. The molecule has 0 aliphatic carbocycles. The summed E-state index contributed by atoms with van der Waals surface area (Å²) in [6, 6.07) is 15.6. The van der Waals surface area contributed by atoms with Crippen molar-refractivity contribution < 1.29 is 9.53 Å². The van der Waals surface area contributed by atoms with Crippen LogP contribution in [0, 0.1) is 0 Å². The van der Waals surface area contributed by atoms with Gasteiger partial charge < -0.3 is 4.74 Å². The van der Waals surface area contributed by atoms with Crippen LogP contribution in [0.2, 0.25) is 0 Å². The highest BCUT2D eigenvalue weighted by atomic mass is 16.5. The summed E-state index contributed by atoms with van der Waals surface area (Å²) >= 11 is 0. The first-order valence-corrected chi connectivity index (χ1v) is 6.90. The van der Waals surface area contributed by atoms with Gasteiger partial charge in [0.1, 0.15) is 0 Å². The van der Waals surface area contributed by atoms with Crippen molar-refractivity contribution in [2.24, 2.45) is 0 Å². The van der Waals surface area contributed by atoms with E-state index in [1.54, 1.807) is 12.4 Å². The molecule has 0 N–H and O–H groups in total. The minimum Gasteiger partial charge on any atom is -0.462 e. The first kappa shape index (κ1) is 13.3. The van der Waals surface area contributed by atoms with E-state index in [0.717, 1.165) is 21.9 Å². The van der Waals surface area contributed by atoms with Crippen molar-refractivity contribution >= 4 is 16.7 Å². The van der Waals surface area contributed by atoms with Crippen LogP contribution in [0.25, 0.3) is 21.9 Å². The molecule has 1 aromatic heterocycles. The molecule has 0 saturated carbocycles. The van der Waals surface area contributed by atoms with Crippen LogP contribution < -0.4 is 0 Å². The molecule has 0 bridgehead atoms. The minimum atomic E-state index is -0.298. The second kappa shape index (κ2) is 5.75. The Hall–Kier alpha value is -2.68. The average molecular weight is 277 g/mol. The molecular weight excluding hydrogens is 262 g/mol. The van der Waals surface area contributed by atoms with E-state index in [-0.39, 0.29) is 5.97 Å². The number of carbonyl (C=O) groups is 1. The Balaban J connectivity index is 2.29. The van der Waals surface area contributed by atoms with Gasteiger partial charge in [-0.1, -0.05) is 42.5 Å². The summed E-state index contributed by atoms with van der Waals surface area (Å²) in [5.74, 6) is -0.298. The van der Waals surface area contributed by atoms with Crippen molar-refractivity contribution in [3.8, 4) is 11.1 Å². The van der Waals surface area contributed by atoms with Gasteiger partial charge in [-0.15, -0.1) is 0 Å². The van der Waals surface area contributed by atoms with Gasteiger partial charge in [-0.3, -0.25) is 4.98 Å². The van der Waals surface area contributed by atoms with Gasteiger partial charge >= 0.3 is 5.97 Å². The van der Waals surface area contributed by atoms with E-state index in [1.165, 1.54) is 0 Å². The smallest absolute Gasteiger partial charge is 0.339 e. The fraction of sp³-hybridized carbons (Fsp3) is 0.111. The maximum absolute atomic E-state index is 12.4. The van der Waals surface area contributed by atoms with Crippen LogP contribution in [0.5, 0.6) is 0 Å². The molecule has 0 fully saturated rings. The minimum absolute atomic E-state index is 0.298. The zero-order valence-corrected chi connectivity index (χ0v) is 11.7. The predicted molar refractivity (Wildman–Crippen MR) is 83.1 cm³/mol. The second-order valence-corrected chi connectivity index (χ2v) is 4.67. The Morgan fingerprint density at radius 2 is 1.90 bits per heavy atom. The number of benzene rings is 2. The number of carbonyl (C=O) groups excluding carboxylic acids is 1. The van der Waals surface area contributed by atoms with Gasteiger partial charge in [-0.05, 0) is 29.5 Å². The van der Waals surface area contributed by atoms with E-state index in [9.17, 15) is 4.79 Å². The third-order valence-electron chi connectivity index (χ3n) is 3.38. The Morgan fingerprint density at radius 3 is 2.67 bits per heavy atom. The molecule has 3 rings (SSSR count). The van der Waals surface area contributed by atoms with E-state index in [4.69, 9.17) is 4.74 Å². The largest absolute Gasteiger partial charge is 0.462 e. The monoisotopic (exact) mass is 277 g/mol. The highest BCUT2D eigenvalue weighted by Crippen LogP contribution is 2.30. The molecule has 2 aromatic carbocycles. The van der Waals surface area contributed by atoms with Crippen LogP contribution in [0.1, 0.15) is 17.3 Å². The lowest BCUT2D eigenvalue weighted by molar-refractivity contribution is 0.0529. The van der Waals surface area contributed by atoms with Crippen molar-refractivity contribution in [3.63, 3.8) is 0 Å². The van der Waals surface area contributed by atoms with Crippen molar-refractivity contribution in [2.75, 3.05) is 6.61 Å². The number of hydrogen-bond acceptors (Lipinski definition) is 3. The molecule has 1 heterocycles. The molecule has 3 heteroatoms. The van der Waals surface area contributed by atoms with Gasteiger partial charge in [0, 0.05) is 17.8 Å². The standard InChI is InChI=1S/C18H15NO2/c1-2-21-18(20)17-15(13-6-4-3-5-7-13)9-8-14-12-19-11-10-16(14)17/h3-12H,2H2,1H3. The third-order valence-corrected chi connectivity index (χ3v) is 3.38. The number of aromatic nitrogens is 1. The number of fused-ring (bicyclic) bond motifs is 1. The number of pyridine rings is 1. The third kappa shape index (κ3) is 2.50. The summed E-state index contributed by atoms with van der Waals surface area (Å²) in [6.45, 7) is 2.17. The first-order valence-electron chi connectivity index (χ1n) is 6.90. The highest BCUT2D eigenvalue weighted by Gasteiger charge is 2.17. The van der Waals surface area contributed by atoms with E-state index in [2.05, 4.69) is 4.98 Å². The molecule has 0 aliphatic rings. The molecule has 0 radical (unpaired) electrons. The van der Waals surface area contributed by atoms with Gasteiger partial charge in [0.15, 0.2) is 0 Å². The molecule has 0 saturated heterocycles. The molecule has 0 atom stereocenters. The van der Waals surface area contributed by atoms with Gasteiger partial charge in [-0.2, -0.15) is 0 Å². The fourth-order valence-corrected chi connectivity index (χ4v) is 2.45. The molecular formula is C18H15NO2. The van der Waals surface area contributed by atoms with Gasteiger partial charge in [0.25, 0.3) is 0 Å². The van der Waals surface area contributed by atoms with Crippen LogP contribution in [-0.4, -0.2) is 17.6 Å². The zero-order chi connectivity index (χ0) is 14.7. The van der Waals surface area contributed by atoms with Crippen LogP contribution in [0.3, 0.4) is 0 Å². The fourth-order valence-electron chi connectivity index (χ4n) is 2.45. The summed E-state index contributed by atoms with van der Waals surface area (Å²) in [7, 11) is 0. The van der Waals surface area contributed by atoms with Crippen LogP contribution in [0.4, 0.5) is 0 Å². The van der Waals surface area contributed by atoms with Gasteiger partial charge in [0.05, 0.1) is 12.2 Å².